The van der Waals surface area contributed by atoms with Gasteiger partial charge in [-0.15, -0.1) is 0 Å². The van der Waals surface area contributed by atoms with Gasteiger partial charge in [0.1, 0.15) is 11.5 Å². The van der Waals surface area contributed by atoms with E-state index in [-0.39, 0.29) is 23.1 Å². The molecule has 104 valence electrons. The zero-order valence-corrected chi connectivity index (χ0v) is 11.0. The fraction of sp³-hybridized carbons (Fsp3) is 0.385. The Morgan fingerprint density at radius 1 is 1.26 bits per heavy atom. The number of hydrogen-bond donors (Lipinski definition) is 3. The molecule has 1 unspecified atom stereocenters. The highest BCUT2D eigenvalue weighted by atomic mass is 16.4. The second kappa shape index (κ2) is 5.17. The minimum atomic E-state index is -1.67. The van der Waals surface area contributed by atoms with Crippen molar-refractivity contribution in [3.63, 3.8) is 0 Å². The first-order valence-corrected chi connectivity index (χ1v) is 5.74. The number of aliphatic carboxylic acids is 1. The molecule has 0 saturated carbocycles. The molecule has 1 rings (SSSR count). The molecule has 0 aliphatic heterocycles. The number of carboxylic acids is 1. The molecule has 3 N–H and O–H groups in total. The molecule has 6 heteroatoms. The van der Waals surface area contributed by atoms with E-state index in [9.17, 15) is 24.9 Å². The summed E-state index contributed by atoms with van der Waals surface area (Å²) in [6, 6.07) is 3.16. The van der Waals surface area contributed by atoms with Gasteiger partial charge in [0, 0.05) is 12.1 Å². The molecule has 19 heavy (non-hydrogen) atoms. The van der Waals surface area contributed by atoms with Gasteiger partial charge in [-0.05, 0) is 38.5 Å². The lowest BCUT2D eigenvalue weighted by molar-refractivity contribution is -0.156. The summed E-state index contributed by atoms with van der Waals surface area (Å²) in [5.74, 6) is -1.78. The van der Waals surface area contributed by atoms with Crippen LogP contribution in [0.5, 0.6) is 11.5 Å². The number of phenolic OH excluding ortho intramolecular Hbond substituents is 2. The monoisotopic (exact) mass is 267 g/mol. The van der Waals surface area contributed by atoms with Crippen LogP contribution >= 0.6 is 0 Å². The number of carbonyl (C=O) groups excluding carboxylic acids is 1. The highest BCUT2D eigenvalue weighted by molar-refractivity contribution is 5.83. The molecule has 0 radical (unpaired) electrons. The van der Waals surface area contributed by atoms with Crippen molar-refractivity contribution in [1.29, 1.82) is 0 Å². The van der Waals surface area contributed by atoms with Crippen molar-refractivity contribution in [2.24, 2.45) is 0 Å². The highest BCUT2D eigenvalue weighted by Gasteiger charge is 2.42. The van der Waals surface area contributed by atoms with E-state index in [4.69, 9.17) is 0 Å². The molecular formula is C13H17NO5. The standard InChI is InChI=1S/C13H17NO5/c1-8(2)14(7-15)13(3,12(18)19)9-4-10(16)6-11(17)5-9/h4-8,16-17H,1-3H3,(H,18,19). The first-order chi connectivity index (χ1) is 8.73. The Morgan fingerprint density at radius 3 is 2.05 bits per heavy atom. The molecule has 1 amide bonds. The Morgan fingerprint density at radius 2 is 1.74 bits per heavy atom. The Kier molecular flexibility index (Phi) is 4.04. The third-order valence-corrected chi connectivity index (χ3v) is 3.07. The average Bonchev–Trinajstić information content (AvgIpc) is 2.27. The number of hydrogen-bond acceptors (Lipinski definition) is 4. The number of phenols is 2. The van der Waals surface area contributed by atoms with E-state index < -0.39 is 11.5 Å². The number of carbonyl (C=O) groups is 2. The molecule has 0 heterocycles. The van der Waals surface area contributed by atoms with Gasteiger partial charge in [0.2, 0.25) is 6.41 Å². The molecule has 0 aromatic heterocycles. The fourth-order valence-corrected chi connectivity index (χ4v) is 2.00. The van der Waals surface area contributed by atoms with E-state index >= 15 is 0 Å². The normalized spacial score (nSPS) is 13.9. The van der Waals surface area contributed by atoms with E-state index in [1.54, 1.807) is 13.8 Å². The molecule has 0 fully saturated rings. The van der Waals surface area contributed by atoms with E-state index in [0.29, 0.717) is 6.41 Å². The van der Waals surface area contributed by atoms with Gasteiger partial charge in [-0.2, -0.15) is 0 Å². The van der Waals surface area contributed by atoms with Crippen molar-refractivity contribution in [2.75, 3.05) is 0 Å². The van der Waals surface area contributed by atoms with E-state index in [0.717, 1.165) is 11.0 Å². The lowest BCUT2D eigenvalue weighted by Gasteiger charge is -2.38. The predicted octanol–water partition coefficient (Wildman–Crippen LogP) is 1.26. The molecule has 1 aromatic carbocycles. The molecular weight excluding hydrogens is 250 g/mol. The maximum absolute atomic E-state index is 11.6. The van der Waals surface area contributed by atoms with Gasteiger partial charge in [0.15, 0.2) is 5.54 Å². The van der Waals surface area contributed by atoms with Crippen LogP contribution in [-0.2, 0) is 15.1 Å². The minimum absolute atomic E-state index is 0.123. The number of rotatable bonds is 5. The van der Waals surface area contributed by atoms with Crippen LogP contribution in [0.3, 0.4) is 0 Å². The van der Waals surface area contributed by atoms with Crippen LogP contribution in [0.1, 0.15) is 26.3 Å². The number of carboxylic acid groups (broad SMARTS) is 1. The van der Waals surface area contributed by atoms with Crippen LogP contribution in [0, 0.1) is 0 Å². The Hall–Kier alpha value is -2.24. The van der Waals surface area contributed by atoms with E-state index in [1.807, 2.05) is 0 Å². The number of amides is 1. The van der Waals surface area contributed by atoms with Gasteiger partial charge >= 0.3 is 5.97 Å². The lowest BCUT2D eigenvalue weighted by Crippen LogP contribution is -2.52. The summed E-state index contributed by atoms with van der Waals surface area (Å²) >= 11 is 0. The number of nitrogens with zero attached hydrogens (tertiary/aromatic N) is 1. The van der Waals surface area contributed by atoms with Crippen molar-refractivity contribution in [3.05, 3.63) is 23.8 Å². The topological polar surface area (TPSA) is 98.1 Å². The Bertz CT molecular complexity index is 480. The highest BCUT2D eigenvalue weighted by Crippen LogP contribution is 2.34. The van der Waals surface area contributed by atoms with E-state index in [1.165, 1.54) is 19.1 Å². The van der Waals surface area contributed by atoms with Gasteiger partial charge in [0.05, 0.1) is 0 Å². The Labute approximate surface area is 110 Å². The van der Waals surface area contributed by atoms with Crippen molar-refractivity contribution >= 4 is 12.4 Å². The molecule has 0 saturated heterocycles. The molecule has 0 aliphatic rings. The molecule has 0 bridgehead atoms. The molecule has 0 aliphatic carbocycles. The SMILES string of the molecule is CC(C)N(C=O)C(C)(C(=O)O)c1cc(O)cc(O)c1. The van der Waals surface area contributed by atoms with Crippen LogP contribution in [0.4, 0.5) is 0 Å². The maximum atomic E-state index is 11.6. The molecule has 6 nitrogen and oxygen atoms in total. The summed E-state index contributed by atoms with van der Waals surface area (Å²) in [7, 11) is 0. The van der Waals surface area contributed by atoms with Gasteiger partial charge in [0.25, 0.3) is 0 Å². The predicted molar refractivity (Wildman–Crippen MR) is 67.8 cm³/mol. The quantitative estimate of drug-likeness (QED) is 0.698. The third kappa shape index (κ3) is 2.62. The van der Waals surface area contributed by atoms with Gasteiger partial charge in [-0.25, -0.2) is 4.79 Å². The summed E-state index contributed by atoms with van der Waals surface area (Å²) in [5.41, 5.74) is -1.55. The number of benzene rings is 1. The fourth-order valence-electron chi connectivity index (χ4n) is 2.00. The van der Waals surface area contributed by atoms with Crippen LogP contribution in [0.15, 0.2) is 18.2 Å². The molecule has 1 aromatic rings. The molecule has 1 atom stereocenters. The van der Waals surface area contributed by atoms with Crippen molar-refractivity contribution < 1.29 is 24.9 Å². The van der Waals surface area contributed by atoms with Crippen LogP contribution in [0.25, 0.3) is 0 Å². The largest absolute Gasteiger partial charge is 0.508 e. The maximum Gasteiger partial charge on any atom is 0.334 e. The summed E-state index contributed by atoms with van der Waals surface area (Å²) < 4.78 is 0. The van der Waals surface area contributed by atoms with Gasteiger partial charge in [-0.1, -0.05) is 0 Å². The second-order valence-electron chi connectivity index (χ2n) is 4.72. The second-order valence-corrected chi connectivity index (χ2v) is 4.72. The van der Waals surface area contributed by atoms with Gasteiger partial charge in [-0.3, -0.25) is 4.79 Å². The first-order valence-electron chi connectivity index (χ1n) is 5.74. The average molecular weight is 267 g/mol. The summed E-state index contributed by atoms with van der Waals surface area (Å²) in [6.07, 6.45) is 0.444. The van der Waals surface area contributed by atoms with Crippen molar-refractivity contribution in [2.45, 2.75) is 32.4 Å². The smallest absolute Gasteiger partial charge is 0.334 e. The van der Waals surface area contributed by atoms with E-state index in [2.05, 4.69) is 0 Å². The zero-order valence-electron chi connectivity index (χ0n) is 11.0. The first kappa shape index (κ1) is 14.8. The van der Waals surface area contributed by atoms with Crippen LogP contribution in [0.2, 0.25) is 0 Å². The van der Waals surface area contributed by atoms with Crippen LogP contribution in [-0.4, -0.2) is 38.6 Å². The third-order valence-electron chi connectivity index (χ3n) is 3.07. The lowest BCUT2D eigenvalue weighted by atomic mass is 9.89. The van der Waals surface area contributed by atoms with Gasteiger partial charge < -0.3 is 20.2 Å². The number of aromatic hydroxyl groups is 2. The summed E-state index contributed by atoms with van der Waals surface area (Å²) in [6.45, 7) is 4.70. The Balaban J connectivity index is 3.49. The molecule has 0 spiro atoms. The van der Waals surface area contributed by atoms with Crippen LogP contribution < -0.4 is 0 Å². The summed E-state index contributed by atoms with van der Waals surface area (Å²) in [5, 5.41) is 28.4. The minimum Gasteiger partial charge on any atom is -0.508 e. The zero-order chi connectivity index (χ0) is 14.8. The summed E-state index contributed by atoms with van der Waals surface area (Å²) in [4.78, 5) is 23.9. The van der Waals surface area contributed by atoms with Crippen molar-refractivity contribution in [1.82, 2.24) is 4.90 Å². The van der Waals surface area contributed by atoms with Crippen molar-refractivity contribution in [3.8, 4) is 11.5 Å².